The van der Waals surface area contributed by atoms with Crippen LogP contribution in [0.3, 0.4) is 0 Å². The largest absolute Gasteiger partial charge is 1.00 e. The summed E-state index contributed by atoms with van der Waals surface area (Å²) in [6.07, 6.45) is 12.0. The van der Waals surface area contributed by atoms with E-state index in [1.165, 1.54) is 44.9 Å². The van der Waals surface area contributed by atoms with E-state index in [9.17, 15) is 22.9 Å². The summed E-state index contributed by atoms with van der Waals surface area (Å²) in [4.78, 5) is 12.2. The van der Waals surface area contributed by atoms with Gasteiger partial charge in [-0.15, -0.1) is 0 Å². The van der Waals surface area contributed by atoms with Crippen molar-refractivity contribution in [1.82, 2.24) is 5.32 Å². The Bertz CT molecular complexity index is 837. The third-order valence-electron chi connectivity index (χ3n) is 10.9. The van der Waals surface area contributed by atoms with Crippen molar-refractivity contribution in [2.75, 3.05) is 12.3 Å². The molecule has 9 atom stereocenters. The Kier molecular flexibility index (Phi) is 9.34. The van der Waals surface area contributed by atoms with Crippen LogP contribution in [-0.4, -0.2) is 42.4 Å². The molecule has 7 unspecified atom stereocenters. The number of nitrogens with one attached hydrogen (secondary N) is 1. The standard InChI is InChI=1S/C26H45NO5S.Na/c1-17(4-9-24(29)27-14-15-33(30,31)32)21-7-8-22-20-6-5-18-16-19(28)10-12-25(18,2)23(20)11-13-26(21,22)3;/h17-23,28H,4-16H2,1-3H3,(H,27,29)(H,30,31,32);/q;+1/p-1/t17?,18?,19?,20?,21?,22?,23?,25-,26+;/m0./s1. The average molecular weight is 506 g/mol. The van der Waals surface area contributed by atoms with Crippen molar-refractivity contribution in [3.05, 3.63) is 0 Å². The Morgan fingerprint density at radius 3 is 2.44 bits per heavy atom. The number of amides is 1. The Hall–Kier alpha value is 0.340. The van der Waals surface area contributed by atoms with Gasteiger partial charge in [0, 0.05) is 13.0 Å². The average Bonchev–Trinajstić information content (AvgIpc) is 3.09. The van der Waals surface area contributed by atoms with Crippen LogP contribution < -0.4 is 34.9 Å². The molecule has 0 spiro atoms. The maximum Gasteiger partial charge on any atom is 1.00 e. The summed E-state index contributed by atoms with van der Waals surface area (Å²) in [7, 11) is -4.29. The van der Waals surface area contributed by atoms with Crippen LogP contribution in [-0.2, 0) is 14.9 Å². The van der Waals surface area contributed by atoms with E-state index in [4.69, 9.17) is 0 Å². The molecule has 8 heteroatoms. The molecule has 4 aliphatic carbocycles. The maximum absolute atomic E-state index is 12.2. The fourth-order valence-electron chi connectivity index (χ4n) is 9.17. The van der Waals surface area contributed by atoms with Crippen LogP contribution in [0.25, 0.3) is 0 Å². The number of hydrogen-bond donors (Lipinski definition) is 2. The third kappa shape index (κ3) is 5.75. The molecule has 0 radical (unpaired) electrons. The molecule has 0 aromatic carbocycles. The van der Waals surface area contributed by atoms with Crippen LogP contribution in [0.15, 0.2) is 0 Å². The van der Waals surface area contributed by atoms with Crippen molar-refractivity contribution in [1.29, 1.82) is 0 Å². The summed E-state index contributed by atoms with van der Waals surface area (Å²) in [5.41, 5.74) is 0.758. The van der Waals surface area contributed by atoms with Crippen LogP contribution in [0.4, 0.5) is 0 Å². The van der Waals surface area contributed by atoms with E-state index in [0.29, 0.717) is 35.0 Å². The molecule has 0 aliphatic heterocycles. The summed E-state index contributed by atoms with van der Waals surface area (Å²) in [5, 5.41) is 12.8. The van der Waals surface area contributed by atoms with Crippen molar-refractivity contribution in [2.45, 2.75) is 97.5 Å². The molecule has 34 heavy (non-hydrogen) atoms. The minimum absolute atomic E-state index is 0. The molecule has 0 bridgehead atoms. The van der Waals surface area contributed by atoms with Crippen LogP contribution >= 0.6 is 0 Å². The first kappa shape index (κ1) is 28.9. The number of rotatable bonds is 7. The Morgan fingerprint density at radius 1 is 1.06 bits per heavy atom. The number of carbonyl (C=O) groups is 1. The summed E-state index contributed by atoms with van der Waals surface area (Å²) in [5.74, 6) is 3.49. The number of aliphatic hydroxyl groups is 1. The fraction of sp³-hybridized carbons (Fsp3) is 0.962. The number of hydrogen-bond acceptors (Lipinski definition) is 5. The van der Waals surface area contributed by atoms with Gasteiger partial charge in [-0.3, -0.25) is 4.79 Å². The van der Waals surface area contributed by atoms with Gasteiger partial charge in [0.1, 0.15) is 0 Å². The predicted molar refractivity (Wildman–Crippen MR) is 127 cm³/mol. The van der Waals surface area contributed by atoms with Gasteiger partial charge in [-0.05, 0) is 111 Å². The summed E-state index contributed by atoms with van der Waals surface area (Å²) >= 11 is 0. The minimum atomic E-state index is -4.29. The van der Waals surface area contributed by atoms with Crippen LogP contribution in [0, 0.1) is 46.3 Å². The molecule has 6 nitrogen and oxygen atoms in total. The minimum Gasteiger partial charge on any atom is -0.748 e. The van der Waals surface area contributed by atoms with Crippen LogP contribution in [0.2, 0.25) is 0 Å². The summed E-state index contributed by atoms with van der Waals surface area (Å²) in [6.45, 7) is 7.26. The van der Waals surface area contributed by atoms with Gasteiger partial charge in [-0.1, -0.05) is 20.8 Å². The van der Waals surface area contributed by atoms with E-state index in [1.54, 1.807) is 0 Å². The topological polar surface area (TPSA) is 107 Å². The zero-order chi connectivity index (χ0) is 24.0. The second kappa shape index (κ2) is 11.0. The van der Waals surface area contributed by atoms with Crippen molar-refractivity contribution in [3.8, 4) is 0 Å². The molecule has 4 aliphatic rings. The second-order valence-electron chi connectivity index (χ2n) is 12.4. The van der Waals surface area contributed by atoms with Crippen LogP contribution in [0.5, 0.6) is 0 Å². The molecule has 4 fully saturated rings. The van der Waals surface area contributed by atoms with Gasteiger partial charge in [-0.2, -0.15) is 0 Å². The van der Waals surface area contributed by atoms with E-state index in [-0.39, 0.29) is 48.1 Å². The van der Waals surface area contributed by atoms with Gasteiger partial charge in [0.05, 0.1) is 22.0 Å². The fourth-order valence-corrected chi connectivity index (χ4v) is 9.53. The molecule has 4 saturated carbocycles. The molecular formula is C26H44NNaO5S. The van der Waals surface area contributed by atoms with Gasteiger partial charge in [0.25, 0.3) is 0 Å². The number of carbonyl (C=O) groups excluding carboxylic acids is 1. The normalized spacial score (nSPS) is 42.5. The first-order valence-electron chi connectivity index (χ1n) is 13.3. The number of fused-ring (bicyclic) bond motifs is 5. The Balaban J connectivity index is 0.00000324. The first-order valence-corrected chi connectivity index (χ1v) is 14.9. The Morgan fingerprint density at radius 2 is 1.74 bits per heavy atom. The van der Waals surface area contributed by atoms with E-state index >= 15 is 0 Å². The molecule has 0 aromatic heterocycles. The molecular weight excluding hydrogens is 461 g/mol. The zero-order valence-corrected chi connectivity index (χ0v) is 24.5. The monoisotopic (exact) mass is 505 g/mol. The van der Waals surface area contributed by atoms with Gasteiger partial charge >= 0.3 is 29.6 Å². The maximum atomic E-state index is 12.2. The van der Waals surface area contributed by atoms with Crippen molar-refractivity contribution >= 4 is 16.0 Å². The smallest absolute Gasteiger partial charge is 0.748 e. The molecule has 190 valence electrons. The van der Waals surface area contributed by atoms with E-state index in [1.807, 2.05) is 0 Å². The quantitative estimate of drug-likeness (QED) is 0.398. The Labute approximate surface area is 228 Å². The SMILES string of the molecule is CC(CCC(=O)NCCS(=O)(=O)[O-])C1CCC2C3CCC4CC(O)CC[C@]4(C)C3CC[C@]12C.[Na+]. The van der Waals surface area contributed by atoms with Crippen molar-refractivity contribution in [2.24, 2.45) is 46.3 Å². The van der Waals surface area contributed by atoms with Gasteiger partial charge in [0.2, 0.25) is 5.91 Å². The summed E-state index contributed by atoms with van der Waals surface area (Å²) in [6, 6.07) is 0. The molecule has 1 amide bonds. The van der Waals surface area contributed by atoms with E-state index in [2.05, 4.69) is 26.1 Å². The van der Waals surface area contributed by atoms with E-state index in [0.717, 1.165) is 37.0 Å². The molecule has 4 rings (SSSR count). The predicted octanol–water partition coefficient (Wildman–Crippen LogP) is 1.09. The van der Waals surface area contributed by atoms with Gasteiger partial charge in [0.15, 0.2) is 0 Å². The second-order valence-corrected chi connectivity index (χ2v) is 14.0. The zero-order valence-electron chi connectivity index (χ0n) is 21.7. The molecule has 0 aromatic rings. The molecule has 2 N–H and O–H groups in total. The third-order valence-corrected chi connectivity index (χ3v) is 11.6. The summed E-state index contributed by atoms with van der Waals surface area (Å²) < 4.78 is 32.1. The first-order chi connectivity index (χ1) is 15.4. The molecule has 0 saturated heterocycles. The van der Waals surface area contributed by atoms with Crippen LogP contribution in [0.1, 0.15) is 91.4 Å². The van der Waals surface area contributed by atoms with Gasteiger partial charge < -0.3 is 15.0 Å². The van der Waals surface area contributed by atoms with Crippen molar-refractivity contribution < 1.29 is 52.4 Å². The number of aliphatic hydroxyl groups excluding tert-OH is 1. The molecule has 0 heterocycles. The van der Waals surface area contributed by atoms with Gasteiger partial charge in [-0.25, -0.2) is 8.42 Å². The van der Waals surface area contributed by atoms with E-state index < -0.39 is 15.9 Å². The van der Waals surface area contributed by atoms with Crippen molar-refractivity contribution in [3.63, 3.8) is 0 Å².